The normalized spacial score (nSPS) is 13.5. The molecule has 0 heterocycles. The lowest BCUT2D eigenvalue weighted by Crippen LogP contribution is -2.32. The van der Waals surface area contributed by atoms with Gasteiger partial charge >= 0.3 is 0 Å². The van der Waals surface area contributed by atoms with Crippen LogP contribution in [0.4, 0.5) is 0 Å². The van der Waals surface area contributed by atoms with Crippen molar-refractivity contribution in [1.82, 2.24) is 4.72 Å². The van der Waals surface area contributed by atoms with Gasteiger partial charge in [-0.3, -0.25) is 0 Å². The van der Waals surface area contributed by atoms with E-state index in [2.05, 4.69) is 11.6 Å². The Morgan fingerprint density at radius 2 is 2.11 bits per heavy atom. The lowest BCUT2D eigenvalue weighted by Gasteiger charge is -2.14. The maximum absolute atomic E-state index is 12.2. The number of hydrogen-bond donors (Lipinski definition) is 2. The maximum Gasteiger partial charge on any atom is 0.240 e. The van der Waals surface area contributed by atoms with E-state index in [-0.39, 0.29) is 10.9 Å². The van der Waals surface area contributed by atoms with Crippen LogP contribution in [0.1, 0.15) is 38.7 Å². The molecule has 108 valence electrons. The van der Waals surface area contributed by atoms with Crippen LogP contribution in [-0.2, 0) is 16.6 Å². The van der Waals surface area contributed by atoms with Crippen LogP contribution < -0.4 is 10.5 Å². The van der Waals surface area contributed by atoms with Crippen molar-refractivity contribution in [2.45, 2.75) is 50.6 Å². The highest BCUT2D eigenvalue weighted by Crippen LogP contribution is 2.20. The molecule has 0 aliphatic carbocycles. The first-order valence-electron chi connectivity index (χ1n) is 6.41. The van der Waals surface area contributed by atoms with Crippen molar-refractivity contribution >= 4 is 21.6 Å². The average molecular weight is 305 g/mol. The van der Waals surface area contributed by atoms with Crippen molar-refractivity contribution in [3.63, 3.8) is 0 Å². The summed E-state index contributed by atoms with van der Waals surface area (Å²) in [4.78, 5) is 0.179. The van der Waals surface area contributed by atoms with Crippen molar-refractivity contribution in [3.05, 3.63) is 28.8 Å². The van der Waals surface area contributed by atoms with E-state index in [0.29, 0.717) is 11.6 Å². The second kappa shape index (κ2) is 7.24. The Morgan fingerprint density at radius 1 is 1.42 bits per heavy atom. The van der Waals surface area contributed by atoms with Crippen LogP contribution in [0.15, 0.2) is 23.1 Å². The molecule has 6 heteroatoms. The van der Waals surface area contributed by atoms with Crippen molar-refractivity contribution < 1.29 is 8.42 Å². The van der Waals surface area contributed by atoms with Crippen molar-refractivity contribution in [2.24, 2.45) is 5.73 Å². The number of benzene rings is 1. The first-order chi connectivity index (χ1) is 8.90. The topological polar surface area (TPSA) is 72.2 Å². The molecule has 1 aromatic carbocycles. The van der Waals surface area contributed by atoms with Gasteiger partial charge in [0.15, 0.2) is 0 Å². The molecule has 1 aromatic rings. The zero-order valence-electron chi connectivity index (χ0n) is 11.3. The highest BCUT2D eigenvalue weighted by molar-refractivity contribution is 7.89. The number of sulfonamides is 1. The fourth-order valence-corrected chi connectivity index (χ4v) is 3.39. The Balaban J connectivity index is 2.85. The number of nitrogens with one attached hydrogen (secondary N) is 1. The molecule has 0 aliphatic heterocycles. The number of hydrogen-bond acceptors (Lipinski definition) is 3. The lowest BCUT2D eigenvalue weighted by atomic mass is 10.2. The van der Waals surface area contributed by atoms with Gasteiger partial charge in [-0.1, -0.05) is 37.4 Å². The molecule has 0 aliphatic rings. The molecular weight excluding hydrogens is 284 g/mol. The highest BCUT2D eigenvalue weighted by atomic mass is 35.5. The van der Waals surface area contributed by atoms with Gasteiger partial charge in [-0.05, 0) is 31.0 Å². The first kappa shape index (κ1) is 16.4. The van der Waals surface area contributed by atoms with Gasteiger partial charge < -0.3 is 5.73 Å². The van der Waals surface area contributed by atoms with Gasteiger partial charge in [0.05, 0.1) is 4.90 Å². The van der Waals surface area contributed by atoms with E-state index in [1.165, 1.54) is 12.1 Å². The molecule has 4 nitrogen and oxygen atoms in total. The summed E-state index contributed by atoms with van der Waals surface area (Å²) in [6.07, 6.45) is 2.87. The van der Waals surface area contributed by atoms with E-state index in [4.69, 9.17) is 17.3 Å². The molecule has 0 bridgehead atoms. The number of nitrogens with two attached hydrogens (primary N) is 1. The van der Waals surface area contributed by atoms with Crippen LogP contribution >= 0.6 is 11.6 Å². The van der Waals surface area contributed by atoms with Crippen LogP contribution in [0.25, 0.3) is 0 Å². The average Bonchev–Trinajstić information content (AvgIpc) is 2.35. The van der Waals surface area contributed by atoms with Gasteiger partial charge in [0, 0.05) is 17.6 Å². The molecular formula is C13H21ClN2O2S. The quantitative estimate of drug-likeness (QED) is 0.813. The van der Waals surface area contributed by atoms with Crippen LogP contribution in [-0.4, -0.2) is 14.5 Å². The molecule has 1 unspecified atom stereocenters. The molecule has 0 fully saturated rings. The zero-order chi connectivity index (χ0) is 14.5. The molecule has 1 rings (SSSR count). The number of unbranched alkanes of at least 4 members (excludes halogenated alkanes) is 1. The van der Waals surface area contributed by atoms with Gasteiger partial charge in [-0.25, -0.2) is 13.1 Å². The Bertz CT molecular complexity index is 517. The smallest absolute Gasteiger partial charge is 0.240 e. The Hall–Kier alpha value is -0.620. The monoisotopic (exact) mass is 304 g/mol. The summed E-state index contributed by atoms with van der Waals surface area (Å²) in [5, 5.41) is 0.381. The molecule has 0 radical (unpaired) electrons. The summed E-state index contributed by atoms with van der Waals surface area (Å²) < 4.78 is 27.0. The minimum absolute atomic E-state index is 0.0853. The van der Waals surface area contributed by atoms with Gasteiger partial charge in [-0.15, -0.1) is 0 Å². The Kier molecular flexibility index (Phi) is 6.26. The summed E-state index contributed by atoms with van der Waals surface area (Å²) in [5.74, 6) is 0. The Morgan fingerprint density at radius 3 is 2.63 bits per heavy atom. The van der Waals surface area contributed by atoms with Gasteiger partial charge in [-0.2, -0.15) is 0 Å². The molecule has 0 saturated carbocycles. The fraction of sp³-hybridized carbons (Fsp3) is 0.538. The van der Waals surface area contributed by atoms with Crippen LogP contribution in [0.2, 0.25) is 5.02 Å². The molecule has 0 aromatic heterocycles. The lowest BCUT2D eigenvalue weighted by molar-refractivity contribution is 0.534. The summed E-state index contributed by atoms with van der Waals surface area (Å²) in [7, 11) is -3.51. The van der Waals surface area contributed by atoms with Gasteiger partial charge in [0.25, 0.3) is 0 Å². The zero-order valence-corrected chi connectivity index (χ0v) is 12.9. The number of halogens is 1. The van der Waals surface area contributed by atoms with Crippen LogP contribution in [0.3, 0.4) is 0 Å². The maximum atomic E-state index is 12.2. The van der Waals surface area contributed by atoms with Gasteiger partial charge in [0.2, 0.25) is 10.0 Å². The molecule has 0 amide bonds. The second-order valence-corrected chi connectivity index (χ2v) is 6.74. The third kappa shape index (κ3) is 4.76. The molecule has 0 saturated heterocycles. The third-order valence-corrected chi connectivity index (χ3v) is 4.84. The predicted molar refractivity (Wildman–Crippen MR) is 78.7 cm³/mol. The van der Waals surface area contributed by atoms with Crippen LogP contribution in [0.5, 0.6) is 0 Å². The molecule has 19 heavy (non-hydrogen) atoms. The molecule has 1 atom stereocenters. The standard InChI is InChI=1S/C13H21ClN2O2S/c1-3-4-5-10(2)16-19(17,18)12-7-6-11(9-15)13(14)8-12/h6-8,10,16H,3-5,9,15H2,1-2H3. The van der Waals surface area contributed by atoms with E-state index < -0.39 is 10.0 Å². The minimum atomic E-state index is -3.51. The number of rotatable bonds is 7. The van der Waals surface area contributed by atoms with Crippen molar-refractivity contribution in [2.75, 3.05) is 0 Å². The minimum Gasteiger partial charge on any atom is -0.326 e. The third-order valence-electron chi connectivity index (χ3n) is 2.90. The highest BCUT2D eigenvalue weighted by Gasteiger charge is 2.18. The van der Waals surface area contributed by atoms with E-state index in [0.717, 1.165) is 24.8 Å². The fourth-order valence-electron chi connectivity index (χ4n) is 1.76. The van der Waals surface area contributed by atoms with Crippen LogP contribution in [0, 0.1) is 0 Å². The van der Waals surface area contributed by atoms with E-state index in [1.807, 2.05) is 6.92 Å². The largest absolute Gasteiger partial charge is 0.326 e. The SMILES string of the molecule is CCCCC(C)NS(=O)(=O)c1ccc(CN)c(Cl)c1. The summed E-state index contributed by atoms with van der Waals surface area (Å²) in [6, 6.07) is 4.53. The Labute approximate surface area is 120 Å². The molecule has 3 N–H and O–H groups in total. The van der Waals surface area contributed by atoms with Gasteiger partial charge in [0.1, 0.15) is 0 Å². The summed E-state index contributed by atoms with van der Waals surface area (Å²) >= 11 is 5.98. The first-order valence-corrected chi connectivity index (χ1v) is 8.27. The van der Waals surface area contributed by atoms with Crippen molar-refractivity contribution in [3.8, 4) is 0 Å². The summed E-state index contributed by atoms with van der Waals surface area (Å²) in [6.45, 7) is 4.23. The van der Waals surface area contributed by atoms with Crippen molar-refractivity contribution in [1.29, 1.82) is 0 Å². The predicted octanol–water partition coefficient (Wildman–Crippen LogP) is 2.66. The van der Waals surface area contributed by atoms with E-state index >= 15 is 0 Å². The summed E-state index contributed by atoms with van der Waals surface area (Å²) in [5.41, 5.74) is 6.23. The van der Waals surface area contributed by atoms with E-state index in [9.17, 15) is 8.42 Å². The molecule has 0 spiro atoms. The second-order valence-electron chi connectivity index (χ2n) is 4.62. The van der Waals surface area contributed by atoms with E-state index in [1.54, 1.807) is 6.07 Å².